The highest BCUT2D eigenvalue weighted by molar-refractivity contribution is 5.48. The third kappa shape index (κ3) is 1.20. The SMILES string of the molecule is NCc1c(-n2cncn2)nc2ccccn12. The van der Waals surface area contributed by atoms with Crippen LogP contribution in [0, 0.1) is 0 Å². The number of pyridine rings is 1. The highest BCUT2D eigenvalue weighted by Crippen LogP contribution is 2.14. The fraction of sp³-hybridized carbons (Fsp3) is 0.100. The van der Waals surface area contributed by atoms with Crippen LogP contribution in [0.5, 0.6) is 0 Å². The third-order valence-electron chi connectivity index (χ3n) is 2.44. The summed E-state index contributed by atoms with van der Waals surface area (Å²) in [5.74, 6) is 0.728. The van der Waals surface area contributed by atoms with Gasteiger partial charge < -0.3 is 10.1 Å². The van der Waals surface area contributed by atoms with Crippen LogP contribution in [0.15, 0.2) is 37.1 Å². The van der Waals surface area contributed by atoms with Crippen LogP contribution in [-0.2, 0) is 6.54 Å². The Labute approximate surface area is 91.4 Å². The second kappa shape index (κ2) is 3.42. The molecule has 2 N–H and O–H groups in total. The van der Waals surface area contributed by atoms with Gasteiger partial charge in [-0.3, -0.25) is 0 Å². The predicted molar refractivity (Wildman–Crippen MR) is 58.0 cm³/mol. The van der Waals surface area contributed by atoms with E-state index in [9.17, 15) is 0 Å². The topological polar surface area (TPSA) is 74.0 Å². The molecule has 0 saturated heterocycles. The summed E-state index contributed by atoms with van der Waals surface area (Å²) < 4.78 is 3.58. The van der Waals surface area contributed by atoms with Gasteiger partial charge in [-0.25, -0.2) is 14.6 Å². The molecule has 0 fully saturated rings. The Kier molecular flexibility index (Phi) is 1.94. The van der Waals surface area contributed by atoms with E-state index in [0.717, 1.165) is 17.2 Å². The van der Waals surface area contributed by atoms with Crippen molar-refractivity contribution in [3.05, 3.63) is 42.7 Å². The van der Waals surface area contributed by atoms with Crippen molar-refractivity contribution in [2.45, 2.75) is 6.54 Å². The first-order valence-electron chi connectivity index (χ1n) is 4.91. The molecule has 3 rings (SSSR count). The van der Waals surface area contributed by atoms with Crippen molar-refractivity contribution in [1.29, 1.82) is 0 Å². The van der Waals surface area contributed by atoms with Gasteiger partial charge in [-0.2, -0.15) is 5.10 Å². The van der Waals surface area contributed by atoms with E-state index in [2.05, 4.69) is 15.1 Å². The molecule has 0 bridgehead atoms. The Bertz CT molecular complexity index is 609. The van der Waals surface area contributed by atoms with E-state index in [4.69, 9.17) is 5.73 Å². The first kappa shape index (κ1) is 9.05. The highest BCUT2D eigenvalue weighted by Gasteiger charge is 2.12. The average molecular weight is 214 g/mol. The molecule has 0 aliphatic rings. The number of rotatable bonds is 2. The molecule has 3 heterocycles. The van der Waals surface area contributed by atoms with Gasteiger partial charge in [-0.15, -0.1) is 0 Å². The fourth-order valence-electron chi connectivity index (χ4n) is 1.72. The second-order valence-corrected chi connectivity index (χ2v) is 3.36. The molecule has 3 aromatic rings. The number of aromatic nitrogens is 5. The summed E-state index contributed by atoms with van der Waals surface area (Å²) in [6.07, 6.45) is 5.02. The molecular formula is C10H10N6. The van der Waals surface area contributed by atoms with Crippen LogP contribution in [0.2, 0.25) is 0 Å². The Balaban J connectivity index is 2.32. The van der Waals surface area contributed by atoms with E-state index < -0.39 is 0 Å². The predicted octanol–water partition coefficient (Wildman–Crippen LogP) is 0.374. The average Bonchev–Trinajstić information content (AvgIpc) is 2.95. The third-order valence-corrected chi connectivity index (χ3v) is 2.44. The van der Waals surface area contributed by atoms with E-state index >= 15 is 0 Å². The van der Waals surface area contributed by atoms with Gasteiger partial charge in [0, 0.05) is 12.7 Å². The number of hydrogen-bond acceptors (Lipinski definition) is 4. The van der Waals surface area contributed by atoms with Gasteiger partial charge in [-0.05, 0) is 12.1 Å². The lowest BCUT2D eigenvalue weighted by molar-refractivity contribution is 0.824. The Morgan fingerprint density at radius 1 is 1.31 bits per heavy atom. The molecule has 0 aliphatic carbocycles. The van der Waals surface area contributed by atoms with Gasteiger partial charge in [0.05, 0.1) is 5.69 Å². The summed E-state index contributed by atoms with van der Waals surface area (Å²) in [6, 6.07) is 5.81. The van der Waals surface area contributed by atoms with Crippen molar-refractivity contribution in [3.63, 3.8) is 0 Å². The minimum atomic E-state index is 0.403. The van der Waals surface area contributed by atoms with Crippen LogP contribution >= 0.6 is 0 Å². The lowest BCUT2D eigenvalue weighted by atomic mass is 10.4. The van der Waals surface area contributed by atoms with E-state index in [1.165, 1.54) is 6.33 Å². The first-order valence-corrected chi connectivity index (χ1v) is 4.91. The van der Waals surface area contributed by atoms with Crippen molar-refractivity contribution in [1.82, 2.24) is 24.1 Å². The summed E-state index contributed by atoms with van der Waals surface area (Å²) in [5, 5.41) is 4.06. The van der Waals surface area contributed by atoms with Crippen LogP contribution in [0.1, 0.15) is 5.69 Å². The maximum atomic E-state index is 5.74. The number of nitrogens with two attached hydrogens (primary N) is 1. The van der Waals surface area contributed by atoms with Crippen molar-refractivity contribution in [2.24, 2.45) is 5.73 Å². The molecule has 0 aromatic carbocycles. The van der Waals surface area contributed by atoms with E-state index in [-0.39, 0.29) is 0 Å². The smallest absolute Gasteiger partial charge is 0.178 e. The molecule has 0 saturated carbocycles. The molecule has 80 valence electrons. The van der Waals surface area contributed by atoms with E-state index in [1.54, 1.807) is 11.0 Å². The Hall–Kier alpha value is -2.21. The fourth-order valence-corrected chi connectivity index (χ4v) is 1.72. The molecule has 0 aliphatic heterocycles. The van der Waals surface area contributed by atoms with Crippen LogP contribution in [-0.4, -0.2) is 24.1 Å². The largest absolute Gasteiger partial charge is 0.325 e. The van der Waals surface area contributed by atoms with Crippen molar-refractivity contribution in [2.75, 3.05) is 0 Å². The van der Waals surface area contributed by atoms with Crippen LogP contribution < -0.4 is 5.73 Å². The minimum Gasteiger partial charge on any atom is -0.325 e. The summed E-state index contributed by atoms with van der Waals surface area (Å²) in [6.45, 7) is 0.403. The molecule has 3 aromatic heterocycles. The van der Waals surface area contributed by atoms with Crippen molar-refractivity contribution >= 4 is 5.65 Å². The molecular weight excluding hydrogens is 204 g/mol. The zero-order valence-corrected chi connectivity index (χ0v) is 8.48. The summed E-state index contributed by atoms with van der Waals surface area (Å²) >= 11 is 0. The lowest BCUT2D eigenvalue weighted by Crippen LogP contribution is -2.06. The zero-order valence-electron chi connectivity index (χ0n) is 8.48. The second-order valence-electron chi connectivity index (χ2n) is 3.36. The van der Waals surface area contributed by atoms with Crippen LogP contribution in [0.4, 0.5) is 0 Å². The van der Waals surface area contributed by atoms with Crippen LogP contribution in [0.3, 0.4) is 0 Å². The molecule has 0 atom stereocenters. The first-order chi connectivity index (χ1) is 7.90. The molecule has 0 unspecified atom stereocenters. The van der Waals surface area contributed by atoms with Gasteiger partial charge in [0.15, 0.2) is 5.82 Å². The number of hydrogen-bond donors (Lipinski definition) is 1. The molecule has 0 spiro atoms. The number of fused-ring (bicyclic) bond motifs is 1. The van der Waals surface area contributed by atoms with E-state index in [0.29, 0.717) is 6.54 Å². The molecule has 0 amide bonds. The maximum Gasteiger partial charge on any atom is 0.178 e. The summed E-state index contributed by atoms with van der Waals surface area (Å²) in [7, 11) is 0. The molecule has 16 heavy (non-hydrogen) atoms. The monoisotopic (exact) mass is 214 g/mol. The molecule has 0 radical (unpaired) electrons. The molecule has 6 nitrogen and oxygen atoms in total. The van der Waals surface area contributed by atoms with Gasteiger partial charge in [-0.1, -0.05) is 6.07 Å². The number of nitrogens with zero attached hydrogens (tertiary/aromatic N) is 5. The normalized spacial score (nSPS) is 11.1. The van der Waals surface area contributed by atoms with Gasteiger partial charge >= 0.3 is 0 Å². The number of imidazole rings is 1. The molecule has 6 heteroatoms. The standard InChI is InChI=1S/C10H10N6/c11-5-8-10(16-7-12-6-13-16)14-9-3-1-2-4-15(8)9/h1-4,6-7H,5,11H2. The van der Waals surface area contributed by atoms with Gasteiger partial charge in [0.2, 0.25) is 0 Å². The zero-order chi connectivity index (χ0) is 11.0. The van der Waals surface area contributed by atoms with Crippen molar-refractivity contribution < 1.29 is 0 Å². The summed E-state index contributed by atoms with van der Waals surface area (Å²) in [5.41, 5.74) is 7.52. The Morgan fingerprint density at radius 3 is 3.00 bits per heavy atom. The van der Waals surface area contributed by atoms with Crippen LogP contribution in [0.25, 0.3) is 11.5 Å². The quantitative estimate of drug-likeness (QED) is 0.669. The van der Waals surface area contributed by atoms with Crippen molar-refractivity contribution in [3.8, 4) is 5.82 Å². The van der Waals surface area contributed by atoms with Gasteiger partial charge in [0.25, 0.3) is 0 Å². The minimum absolute atomic E-state index is 0.403. The maximum absolute atomic E-state index is 5.74. The lowest BCUT2D eigenvalue weighted by Gasteiger charge is -2.00. The van der Waals surface area contributed by atoms with Gasteiger partial charge in [0.1, 0.15) is 18.3 Å². The highest BCUT2D eigenvalue weighted by atomic mass is 15.4. The summed E-state index contributed by atoms with van der Waals surface area (Å²) in [4.78, 5) is 8.38. The van der Waals surface area contributed by atoms with E-state index in [1.807, 2.05) is 28.8 Å². The Morgan fingerprint density at radius 2 is 2.25 bits per heavy atom.